The van der Waals surface area contributed by atoms with Gasteiger partial charge in [0, 0.05) is 16.5 Å². The summed E-state index contributed by atoms with van der Waals surface area (Å²) < 4.78 is 2.14. The van der Waals surface area contributed by atoms with E-state index >= 15 is 0 Å². The van der Waals surface area contributed by atoms with Crippen molar-refractivity contribution >= 4 is 17.0 Å². The molecule has 0 amide bonds. The fourth-order valence-electron chi connectivity index (χ4n) is 4.05. The van der Waals surface area contributed by atoms with E-state index in [4.69, 9.17) is 15.0 Å². The monoisotopic (exact) mass is 416 g/mol. The van der Waals surface area contributed by atoms with Gasteiger partial charge in [0.05, 0.1) is 11.2 Å². The van der Waals surface area contributed by atoms with Crippen LogP contribution in [-0.2, 0) is 0 Å². The molecule has 2 heterocycles. The standard InChI is InChI=1S/C28H24N4/c1-4-11-24-20(3)23-18-19(2)16-17-25(23)32(24)28-30-26(21-12-7-5-8-13-21)29-27(31-28)22-14-9-6-10-15-22/h4-18H,1-3H3/b11-4-. The lowest BCUT2D eigenvalue weighted by Crippen LogP contribution is -2.07. The Bertz CT molecular complexity index is 1370. The van der Waals surface area contributed by atoms with Gasteiger partial charge in [-0.15, -0.1) is 0 Å². The predicted molar refractivity (Wildman–Crippen MR) is 132 cm³/mol. The Hall–Kier alpha value is -4.05. The fraction of sp³-hybridized carbons (Fsp3) is 0.107. The van der Waals surface area contributed by atoms with Gasteiger partial charge < -0.3 is 0 Å². The van der Waals surface area contributed by atoms with Crippen LogP contribution in [0.4, 0.5) is 0 Å². The van der Waals surface area contributed by atoms with Crippen molar-refractivity contribution in [2.24, 2.45) is 0 Å². The molecule has 0 saturated carbocycles. The summed E-state index contributed by atoms with van der Waals surface area (Å²) in [6, 6.07) is 26.7. The summed E-state index contributed by atoms with van der Waals surface area (Å²) in [6.45, 7) is 6.31. The molecule has 0 unspecified atom stereocenters. The Morgan fingerprint density at radius 2 is 1.31 bits per heavy atom. The molecule has 0 N–H and O–H groups in total. The third-order valence-corrected chi connectivity index (χ3v) is 5.63. The van der Waals surface area contributed by atoms with Crippen LogP contribution in [0.25, 0.3) is 45.7 Å². The molecule has 4 nitrogen and oxygen atoms in total. The number of nitrogens with zero attached hydrogens (tertiary/aromatic N) is 4. The van der Waals surface area contributed by atoms with E-state index in [0.29, 0.717) is 17.6 Å². The van der Waals surface area contributed by atoms with E-state index in [1.165, 1.54) is 16.5 Å². The lowest BCUT2D eigenvalue weighted by molar-refractivity contribution is 0.923. The van der Waals surface area contributed by atoms with Gasteiger partial charge in [-0.3, -0.25) is 4.57 Å². The summed E-state index contributed by atoms with van der Waals surface area (Å²) in [6.07, 6.45) is 4.18. The molecular weight excluding hydrogens is 392 g/mol. The molecule has 0 saturated heterocycles. The Labute approximate surface area is 187 Å². The molecule has 3 aromatic carbocycles. The first kappa shape index (κ1) is 19.9. The molecule has 0 fully saturated rings. The summed E-state index contributed by atoms with van der Waals surface area (Å²) in [7, 11) is 0. The van der Waals surface area contributed by atoms with Crippen molar-refractivity contribution in [3.05, 3.63) is 102 Å². The minimum atomic E-state index is 0.618. The number of hydrogen-bond donors (Lipinski definition) is 0. The topological polar surface area (TPSA) is 43.6 Å². The van der Waals surface area contributed by atoms with Crippen LogP contribution in [0.15, 0.2) is 84.9 Å². The van der Waals surface area contributed by atoms with E-state index in [0.717, 1.165) is 22.3 Å². The van der Waals surface area contributed by atoms with Crippen molar-refractivity contribution in [3.63, 3.8) is 0 Å². The minimum Gasteiger partial charge on any atom is -0.278 e. The highest BCUT2D eigenvalue weighted by atomic mass is 15.2. The highest BCUT2D eigenvalue weighted by Crippen LogP contribution is 2.31. The molecule has 0 aliphatic carbocycles. The number of hydrogen-bond acceptors (Lipinski definition) is 3. The van der Waals surface area contributed by atoms with Crippen LogP contribution in [0, 0.1) is 13.8 Å². The van der Waals surface area contributed by atoms with Crippen LogP contribution in [0.1, 0.15) is 23.7 Å². The number of allylic oxidation sites excluding steroid dienone is 1. The van der Waals surface area contributed by atoms with Crippen molar-refractivity contribution in [2.75, 3.05) is 0 Å². The smallest absolute Gasteiger partial charge is 0.238 e. The fourth-order valence-corrected chi connectivity index (χ4v) is 4.05. The van der Waals surface area contributed by atoms with Crippen molar-refractivity contribution < 1.29 is 0 Å². The highest BCUT2D eigenvalue weighted by molar-refractivity contribution is 5.90. The Balaban J connectivity index is 1.84. The molecule has 0 atom stereocenters. The third kappa shape index (κ3) is 3.50. The molecule has 156 valence electrons. The van der Waals surface area contributed by atoms with Crippen molar-refractivity contribution in [1.82, 2.24) is 19.5 Å². The van der Waals surface area contributed by atoms with E-state index in [1.54, 1.807) is 0 Å². The normalized spacial score (nSPS) is 11.5. The zero-order valence-corrected chi connectivity index (χ0v) is 18.4. The molecule has 32 heavy (non-hydrogen) atoms. The van der Waals surface area contributed by atoms with Gasteiger partial charge in [-0.1, -0.05) is 78.4 Å². The molecule has 0 bridgehead atoms. The van der Waals surface area contributed by atoms with E-state index < -0.39 is 0 Å². The first-order valence-corrected chi connectivity index (χ1v) is 10.8. The molecule has 0 radical (unpaired) electrons. The number of benzene rings is 3. The third-order valence-electron chi connectivity index (χ3n) is 5.63. The van der Waals surface area contributed by atoms with E-state index in [9.17, 15) is 0 Å². The maximum Gasteiger partial charge on any atom is 0.238 e. The van der Waals surface area contributed by atoms with Crippen molar-refractivity contribution in [3.8, 4) is 28.7 Å². The number of aryl methyl sites for hydroxylation is 2. The zero-order chi connectivity index (χ0) is 22.1. The second kappa shape index (κ2) is 8.23. The van der Waals surface area contributed by atoms with Crippen LogP contribution in [0.5, 0.6) is 0 Å². The molecule has 0 spiro atoms. The lowest BCUT2D eigenvalue weighted by atomic mass is 10.1. The molecule has 5 rings (SSSR count). The Kier molecular flexibility index (Phi) is 5.12. The maximum absolute atomic E-state index is 4.94. The molecule has 5 aromatic rings. The molecule has 0 aliphatic rings. The van der Waals surface area contributed by atoms with Gasteiger partial charge in [0.25, 0.3) is 0 Å². The Morgan fingerprint density at radius 3 is 1.88 bits per heavy atom. The van der Waals surface area contributed by atoms with Crippen molar-refractivity contribution in [1.29, 1.82) is 0 Å². The van der Waals surface area contributed by atoms with E-state index in [1.807, 2.05) is 67.6 Å². The van der Waals surface area contributed by atoms with Gasteiger partial charge in [-0.05, 0) is 44.5 Å². The predicted octanol–water partition coefficient (Wildman–Crippen LogP) is 6.80. The first-order chi connectivity index (χ1) is 15.7. The number of fused-ring (bicyclic) bond motifs is 1. The second-order valence-corrected chi connectivity index (χ2v) is 7.88. The van der Waals surface area contributed by atoms with Gasteiger partial charge >= 0.3 is 0 Å². The summed E-state index contributed by atoms with van der Waals surface area (Å²) in [5, 5.41) is 1.21. The summed E-state index contributed by atoms with van der Waals surface area (Å²) >= 11 is 0. The molecule has 0 aliphatic heterocycles. The van der Waals surface area contributed by atoms with Crippen LogP contribution in [0.2, 0.25) is 0 Å². The van der Waals surface area contributed by atoms with E-state index in [-0.39, 0.29) is 0 Å². The van der Waals surface area contributed by atoms with Gasteiger partial charge in [0.15, 0.2) is 11.6 Å². The first-order valence-electron chi connectivity index (χ1n) is 10.8. The number of rotatable bonds is 4. The molecule has 2 aromatic heterocycles. The van der Waals surface area contributed by atoms with Gasteiger partial charge in [0.1, 0.15) is 0 Å². The highest BCUT2D eigenvalue weighted by Gasteiger charge is 2.18. The maximum atomic E-state index is 4.94. The van der Waals surface area contributed by atoms with E-state index in [2.05, 4.69) is 48.8 Å². The second-order valence-electron chi connectivity index (χ2n) is 7.88. The van der Waals surface area contributed by atoms with Gasteiger partial charge in [-0.25, -0.2) is 4.98 Å². The molecular formula is C28H24N4. The zero-order valence-electron chi connectivity index (χ0n) is 18.4. The van der Waals surface area contributed by atoms with Crippen LogP contribution in [-0.4, -0.2) is 19.5 Å². The minimum absolute atomic E-state index is 0.618. The Morgan fingerprint density at radius 1 is 0.719 bits per heavy atom. The average Bonchev–Trinajstić information content (AvgIpc) is 3.11. The number of aromatic nitrogens is 4. The SMILES string of the molecule is C/C=C\c1c(C)c2cc(C)ccc2n1-c1nc(-c2ccccc2)nc(-c2ccccc2)n1. The lowest BCUT2D eigenvalue weighted by Gasteiger charge is -2.11. The van der Waals surface area contributed by atoms with Crippen LogP contribution in [0.3, 0.4) is 0 Å². The van der Waals surface area contributed by atoms with Crippen molar-refractivity contribution in [2.45, 2.75) is 20.8 Å². The summed E-state index contributed by atoms with van der Waals surface area (Å²) in [4.78, 5) is 14.7. The summed E-state index contributed by atoms with van der Waals surface area (Å²) in [5.74, 6) is 1.94. The average molecular weight is 417 g/mol. The summed E-state index contributed by atoms with van der Waals surface area (Å²) in [5.41, 5.74) is 6.54. The van der Waals surface area contributed by atoms with Gasteiger partial charge in [0.2, 0.25) is 5.95 Å². The van der Waals surface area contributed by atoms with Gasteiger partial charge in [-0.2, -0.15) is 9.97 Å². The molecule has 4 heteroatoms. The quantitative estimate of drug-likeness (QED) is 0.324. The largest absolute Gasteiger partial charge is 0.278 e. The van der Waals surface area contributed by atoms with Crippen LogP contribution < -0.4 is 0 Å². The van der Waals surface area contributed by atoms with Crippen LogP contribution >= 0.6 is 0 Å².